The van der Waals surface area contributed by atoms with E-state index in [0.29, 0.717) is 5.13 Å². The van der Waals surface area contributed by atoms with E-state index in [9.17, 15) is 4.79 Å². The molecule has 0 atom stereocenters. The number of hydrogen-bond acceptors (Lipinski definition) is 4. The Morgan fingerprint density at radius 1 is 0.938 bits per heavy atom. The molecule has 4 aliphatic carbocycles. The van der Waals surface area contributed by atoms with Crippen LogP contribution in [0.1, 0.15) is 38.5 Å². The highest BCUT2D eigenvalue weighted by atomic mass is 32.1. The van der Waals surface area contributed by atoms with E-state index < -0.39 is 0 Å². The number of carbonyl (C=O) groups excluding carboxylic acids is 1. The summed E-state index contributed by atoms with van der Waals surface area (Å²) in [7, 11) is 1.68. The highest BCUT2D eigenvalue weighted by Crippen LogP contribution is 2.60. The minimum Gasteiger partial charge on any atom is -0.497 e. The normalized spacial score (nSPS) is 28.0. The molecule has 0 radical (unpaired) electrons. The van der Waals surface area contributed by atoms with Gasteiger partial charge in [-0.05, 0) is 86.1 Å². The van der Waals surface area contributed by atoms with Gasteiger partial charge in [0.05, 0.1) is 23.1 Å². The van der Waals surface area contributed by atoms with Gasteiger partial charge in [0.2, 0.25) is 5.91 Å². The molecule has 4 saturated carbocycles. The molecule has 1 amide bonds. The molecular formula is C27H28N2O2S. The molecule has 2 aromatic carbocycles. The number of rotatable bonds is 5. The standard InChI is InChI=1S/C27H28N2O2S/c1-31-22-9-7-21(8-10-22)24-23(20-5-3-2-4-6-20)28-26(32-24)29-25(30)27-14-17-11-18(15-27)13-19(12-17)16-27/h2-10,17-19H,11-16H2,1H3,(H,28,29,30). The fourth-order valence-corrected chi connectivity index (χ4v) is 7.71. The van der Waals surface area contributed by atoms with Crippen molar-refractivity contribution in [1.82, 2.24) is 4.98 Å². The zero-order valence-electron chi connectivity index (χ0n) is 18.3. The zero-order valence-corrected chi connectivity index (χ0v) is 19.2. The largest absolute Gasteiger partial charge is 0.497 e. The van der Waals surface area contributed by atoms with Gasteiger partial charge in [-0.15, -0.1) is 0 Å². The number of carbonyl (C=O) groups is 1. The smallest absolute Gasteiger partial charge is 0.232 e. The molecule has 32 heavy (non-hydrogen) atoms. The third-order valence-corrected chi connectivity index (χ3v) is 8.79. The lowest BCUT2D eigenvalue weighted by Crippen LogP contribution is -2.51. The van der Waals surface area contributed by atoms with Crippen LogP contribution in [0.3, 0.4) is 0 Å². The lowest BCUT2D eigenvalue weighted by Gasteiger charge is -2.55. The fraction of sp³-hybridized carbons (Fsp3) is 0.407. The molecule has 1 N–H and O–H groups in total. The van der Waals surface area contributed by atoms with Crippen LogP contribution in [0.4, 0.5) is 5.13 Å². The minimum atomic E-state index is -0.173. The SMILES string of the molecule is COc1ccc(-c2sc(NC(=O)C34CC5CC(CC(C5)C3)C4)nc2-c2ccccc2)cc1. The van der Waals surface area contributed by atoms with Crippen LogP contribution >= 0.6 is 11.3 Å². The Hall–Kier alpha value is -2.66. The third-order valence-electron chi connectivity index (χ3n) is 7.77. The molecule has 5 heteroatoms. The second-order valence-electron chi connectivity index (χ2n) is 9.94. The zero-order chi connectivity index (χ0) is 21.7. The summed E-state index contributed by atoms with van der Waals surface area (Å²) < 4.78 is 5.33. The second kappa shape index (κ2) is 7.73. The van der Waals surface area contributed by atoms with Gasteiger partial charge in [-0.2, -0.15) is 0 Å². The van der Waals surface area contributed by atoms with Gasteiger partial charge in [-0.1, -0.05) is 41.7 Å². The van der Waals surface area contributed by atoms with E-state index in [2.05, 4.69) is 29.6 Å². The van der Waals surface area contributed by atoms with E-state index in [1.165, 1.54) is 19.3 Å². The van der Waals surface area contributed by atoms with Crippen molar-refractivity contribution in [2.75, 3.05) is 12.4 Å². The topological polar surface area (TPSA) is 51.2 Å². The van der Waals surface area contributed by atoms with Crippen molar-refractivity contribution in [1.29, 1.82) is 0 Å². The van der Waals surface area contributed by atoms with Crippen LogP contribution in [0.15, 0.2) is 54.6 Å². The van der Waals surface area contributed by atoms with Crippen LogP contribution in [0, 0.1) is 23.2 Å². The Morgan fingerprint density at radius 3 is 2.16 bits per heavy atom. The van der Waals surface area contributed by atoms with Crippen LogP contribution in [0.25, 0.3) is 21.7 Å². The molecular weight excluding hydrogens is 416 g/mol. The van der Waals surface area contributed by atoms with Crippen LogP contribution in [0.2, 0.25) is 0 Å². The molecule has 4 fully saturated rings. The number of thiazole rings is 1. The molecule has 7 rings (SSSR count). The van der Waals surface area contributed by atoms with Gasteiger partial charge in [-0.3, -0.25) is 4.79 Å². The third kappa shape index (κ3) is 3.43. The first-order chi connectivity index (χ1) is 15.6. The van der Waals surface area contributed by atoms with Gasteiger partial charge in [0.15, 0.2) is 5.13 Å². The molecule has 0 unspecified atom stereocenters. The second-order valence-corrected chi connectivity index (χ2v) is 10.9. The van der Waals surface area contributed by atoms with Crippen molar-refractivity contribution < 1.29 is 9.53 Å². The van der Waals surface area contributed by atoms with E-state index in [1.54, 1.807) is 18.4 Å². The van der Waals surface area contributed by atoms with E-state index >= 15 is 0 Å². The first-order valence-corrected chi connectivity index (χ1v) is 12.5. The number of anilines is 1. The maximum Gasteiger partial charge on any atom is 0.232 e. The number of methoxy groups -OCH3 is 1. The first-order valence-electron chi connectivity index (χ1n) is 11.6. The highest BCUT2D eigenvalue weighted by molar-refractivity contribution is 7.19. The lowest BCUT2D eigenvalue weighted by molar-refractivity contribution is -0.140. The van der Waals surface area contributed by atoms with Gasteiger partial charge in [-0.25, -0.2) is 4.98 Å². The summed E-state index contributed by atoms with van der Waals surface area (Å²) in [6.45, 7) is 0. The van der Waals surface area contributed by atoms with Crippen molar-refractivity contribution in [3.8, 4) is 27.4 Å². The van der Waals surface area contributed by atoms with Gasteiger partial charge < -0.3 is 10.1 Å². The molecule has 1 aromatic heterocycles. The Labute approximate surface area is 193 Å². The molecule has 4 bridgehead atoms. The van der Waals surface area contributed by atoms with E-state index in [4.69, 9.17) is 9.72 Å². The Kier molecular flexibility index (Phi) is 4.83. The molecule has 1 heterocycles. The van der Waals surface area contributed by atoms with E-state index in [1.807, 2.05) is 30.3 Å². The van der Waals surface area contributed by atoms with Crippen LogP contribution < -0.4 is 10.1 Å². The quantitative estimate of drug-likeness (QED) is 0.480. The summed E-state index contributed by atoms with van der Waals surface area (Å²) >= 11 is 1.57. The average Bonchev–Trinajstić information content (AvgIpc) is 3.22. The fourth-order valence-electron chi connectivity index (χ4n) is 6.72. The summed E-state index contributed by atoms with van der Waals surface area (Å²) in [5.41, 5.74) is 2.89. The van der Waals surface area contributed by atoms with Crippen LogP contribution in [0.5, 0.6) is 5.75 Å². The van der Waals surface area contributed by atoms with Gasteiger partial charge in [0, 0.05) is 5.56 Å². The molecule has 164 valence electrons. The van der Waals surface area contributed by atoms with Gasteiger partial charge in [0.1, 0.15) is 5.75 Å². The first kappa shape index (κ1) is 20.0. The number of aromatic nitrogens is 1. The van der Waals surface area contributed by atoms with Crippen molar-refractivity contribution >= 4 is 22.4 Å². The Balaban J connectivity index is 1.33. The molecule has 3 aromatic rings. The number of nitrogens with one attached hydrogen (secondary N) is 1. The summed E-state index contributed by atoms with van der Waals surface area (Å²) in [5, 5.41) is 3.97. The monoisotopic (exact) mass is 444 g/mol. The number of nitrogens with zero attached hydrogens (tertiary/aromatic N) is 1. The van der Waals surface area contributed by atoms with Crippen LogP contribution in [-0.4, -0.2) is 18.0 Å². The molecule has 4 aliphatic rings. The summed E-state index contributed by atoms with van der Waals surface area (Å²) in [4.78, 5) is 19.6. The minimum absolute atomic E-state index is 0.173. The van der Waals surface area contributed by atoms with E-state index in [-0.39, 0.29) is 11.3 Å². The van der Waals surface area contributed by atoms with Crippen molar-refractivity contribution in [3.05, 3.63) is 54.6 Å². The predicted octanol–water partition coefficient (Wildman–Crippen LogP) is 6.64. The molecule has 0 aliphatic heterocycles. The maximum atomic E-state index is 13.6. The number of amides is 1. The molecule has 4 nitrogen and oxygen atoms in total. The van der Waals surface area contributed by atoms with Gasteiger partial charge >= 0.3 is 0 Å². The van der Waals surface area contributed by atoms with Crippen molar-refractivity contribution in [2.24, 2.45) is 23.2 Å². The Bertz CT molecular complexity index is 1100. The summed E-state index contributed by atoms with van der Waals surface area (Å²) in [6.07, 6.45) is 7.20. The average molecular weight is 445 g/mol. The van der Waals surface area contributed by atoms with Crippen LogP contribution in [-0.2, 0) is 4.79 Å². The maximum absolute atomic E-state index is 13.6. The Morgan fingerprint density at radius 2 is 1.56 bits per heavy atom. The number of ether oxygens (including phenoxy) is 1. The lowest BCUT2D eigenvalue weighted by atomic mass is 9.49. The number of benzene rings is 2. The molecule has 0 saturated heterocycles. The van der Waals surface area contributed by atoms with E-state index in [0.717, 1.165) is 64.5 Å². The number of hydrogen-bond donors (Lipinski definition) is 1. The highest BCUT2D eigenvalue weighted by Gasteiger charge is 2.54. The molecule has 0 spiro atoms. The summed E-state index contributed by atoms with van der Waals surface area (Å²) in [5.74, 6) is 3.27. The van der Waals surface area contributed by atoms with Crippen molar-refractivity contribution in [3.63, 3.8) is 0 Å². The summed E-state index contributed by atoms with van der Waals surface area (Å²) in [6, 6.07) is 18.3. The van der Waals surface area contributed by atoms with Gasteiger partial charge in [0.25, 0.3) is 0 Å². The van der Waals surface area contributed by atoms with Crippen molar-refractivity contribution in [2.45, 2.75) is 38.5 Å². The predicted molar refractivity (Wildman–Crippen MR) is 129 cm³/mol.